The molecule has 0 saturated carbocycles. The zero-order valence-corrected chi connectivity index (χ0v) is 12.0. The molecule has 0 spiro atoms. The van der Waals surface area contributed by atoms with E-state index in [9.17, 15) is 8.42 Å². The molecular formula is C11H17N5O2S. The van der Waals surface area contributed by atoms with Gasteiger partial charge in [-0.3, -0.25) is 9.36 Å². The first-order valence-corrected chi connectivity index (χ1v) is 7.35. The van der Waals surface area contributed by atoms with Gasteiger partial charge in [0, 0.05) is 33.0 Å². The summed E-state index contributed by atoms with van der Waals surface area (Å²) < 4.78 is 29.0. The smallest absolute Gasteiger partial charge is 0.246 e. The van der Waals surface area contributed by atoms with E-state index in [-0.39, 0.29) is 11.4 Å². The normalized spacial score (nSPS) is 12.2. The van der Waals surface area contributed by atoms with Gasteiger partial charge in [-0.05, 0) is 13.0 Å². The van der Waals surface area contributed by atoms with Crippen LogP contribution in [0.25, 0.3) is 0 Å². The lowest BCUT2D eigenvalue weighted by atomic mass is 10.4. The molecule has 0 bridgehead atoms. The topological polar surface area (TPSA) is 73.0 Å². The van der Waals surface area contributed by atoms with Gasteiger partial charge in [0.15, 0.2) is 0 Å². The molecule has 0 aromatic carbocycles. The summed E-state index contributed by atoms with van der Waals surface area (Å²) >= 11 is 0. The first-order valence-electron chi connectivity index (χ1n) is 5.91. The van der Waals surface area contributed by atoms with E-state index in [1.54, 1.807) is 11.7 Å². The number of rotatable bonds is 5. The van der Waals surface area contributed by atoms with E-state index in [0.717, 1.165) is 12.2 Å². The van der Waals surface area contributed by atoms with Crippen LogP contribution in [-0.4, -0.2) is 39.3 Å². The fourth-order valence-electron chi connectivity index (χ4n) is 1.69. The van der Waals surface area contributed by atoms with Crippen molar-refractivity contribution in [3.63, 3.8) is 0 Å². The maximum atomic E-state index is 12.3. The molecular weight excluding hydrogens is 266 g/mol. The third-order valence-corrected chi connectivity index (χ3v) is 4.55. The first kappa shape index (κ1) is 13.8. The molecule has 0 saturated heterocycles. The Morgan fingerprint density at radius 2 is 2.16 bits per heavy atom. The van der Waals surface area contributed by atoms with Crippen molar-refractivity contribution >= 4 is 10.0 Å². The molecule has 0 unspecified atom stereocenters. The van der Waals surface area contributed by atoms with Gasteiger partial charge in [-0.15, -0.1) is 0 Å². The summed E-state index contributed by atoms with van der Waals surface area (Å²) in [5.41, 5.74) is 0.719. The minimum Gasteiger partial charge on any atom is -0.274 e. The van der Waals surface area contributed by atoms with Crippen LogP contribution < -0.4 is 0 Å². The molecule has 2 heterocycles. The summed E-state index contributed by atoms with van der Waals surface area (Å²) in [5, 5.41) is 8.15. The minimum absolute atomic E-state index is 0.187. The van der Waals surface area contributed by atoms with Crippen LogP contribution in [0.3, 0.4) is 0 Å². The number of sulfonamides is 1. The quantitative estimate of drug-likeness (QED) is 0.799. The molecule has 0 aliphatic heterocycles. The summed E-state index contributed by atoms with van der Waals surface area (Å²) in [7, 11) is -0.296. The highest BCUT2D eigenvalue weighted by Gasteiger charge is 2.23. The van der Waals surface area contributed by atoms with Crippen LogP contribution in [0.15, 0.2) is 29.6 Å². The monoisotopic (exact) mass is 283 g/mol. The fraction of sp³-hybridized carbons (Fsp3) is 0.455. The van der Waals surface area contributed by atoms with Crippen LogP contribution in [0.2, 0.25) is 0 Å². The second-order valence-corrected chi connectivity index (χ2v) is 6.32. The lowest BCUT2D eigenvalue weighted by Crippen LogP contribution is -2.26. The number of hydrogen-bond donors (Lipinski definition) is 0. The third-order valence-electron chi connectivity index (χ3n) is 2.79. The maximum Gasteiger partial charge on any atom is 0.246 e. The van der Waals surface area contributed by atoms with Gasteiger partial charge in [0.1, 0.15) is 4.90 Å². The average molecular weight is 283 g/mol. The van der Waals surface area contributed by atoms with Crippen molar-refractivity contribution in [3.8, 4) is 0 Å². The summed E-state index contributed by atoms with van der Waals surface area (Å²) in [6.07, 6.45) is 4.66. The van der Waals surface area contributed by atoms with Crippen molar-refractivity contribution in [1.82, 2.24) is 23.9 Å². The average Bonchev–Trinajstić information content (AvgIpc) is 2.98. The summed E-state index contributed by atoms with van der Waals surface area (Å²) in [6, 6.07) is 1.82. The van der Waals surface area contributed by atoms with Crippen LogP contribution in [0.4, 0.5) is 0 Å². The highest BCUT2D eigenvalue weighted by Crippen LogP contribution is 2.14. The van der Waals surface area contributed by atoms with Crippen molar-refractivity contribution in [1.29, 1.82) is 0 Å². The Morgan fingerprint density at radius 1 is 1.42 bits per heavy atom. The van der Waals surface area contributed by atoms with Gasteiger partial charge in [0.2, 0.25) is 10.0 Å². The van der Waals surface area contributed by atoms with Crippen molar-refractivity contribution in [2.24, 2.45) is 7.05 Å². The zero-order chi connectivity index (χ0) is 14.0. The van der Waals surface area contributed by atoms with E-state index < -0.39 is 10.0 Å². The van der Waals surface area contributed by atoms with Crippen molar-refractivity contribution in [3.05, 3.63) is 30.4 Å². The van der Waals surface area contributed by atoms with E-state index in [2.05, 4.69) is 10.2 Å². The molecule has 7 nitrogen and oxygen atoms in total. The molecule has 2 rings (SSSR count). The molecule has 2 aromatic heterocycles. The Kier molecular flexibility index (Phi) is 3.72. The predicted molar refractivity (Wildman–Crippen MR) is 69.8 cm³/mol. The van der Waals surface area contributed by atoms with E-state index in [1.165, 1.54) is 28.4 Å². The lowest BCUT2D eigenvalue weighted by Gasteiger charge is -2.14. The van der Waals surface area contributed by atoms with Gasteiger partial charge < -0.3 is 0 Å². The van der Waals surface area contributed by atoms with Crippen LogP contribution >= 0.6 is 0 Å². The predicted octanol–water partition coefficient (Wildman–Crippen LogP) is 0.457. The Labute approximate surface area is 112 Å². The maximum absolute atomic E-state index is 12.3. The highest BCUT2D eigenvalue weighted by molar-refractivity contribution is 7.89. The Balaban J connectivity index is 2.17. The van der Waals surface area contributed by atoms with Crippen LogP contribution in [-0.2, 0) is 30.2 Å². The molecule has 2 aromatic rings. The van der Waals surface area contributed by atoms with Crippen molar-refractivity contribution in [2.75, 3.05) is 7.05 Å². The van der Waals surface area contributed by atoms with E-state index >= 15 is 0 Å². The fourth-order valence-corrected chi connectivity index (χ4v) is 2.82. The van der Waals surface area contributed by atoms with Gasteiger partial charge in [-0.1, -0.05) is 0 Å². The lowest BCUT2D eigenvalue weighted by molar-refractivity contribution is 0.458. The molecule has 0 aliphatic carbocycles. The number of hydrogen-bond acceptors (Lipinski definition) is 4. The summed E-state index contributed by atoms with van der Waals surface area (Å²) in [6.45, 7) is 2.98. The molecule has 0 radical (unpaired) electrons. The van der Waals surface area contributed by atoms with Crippen LogP contribution in [0.5, 0.6) is 0 Å². The van der Waals surface area contributed by atoms with E-state index in [1.807, 2.05) is 19.2 Å². The molecule has 0 aliphatic rings. The van der Waals surface area contributed by atoms with Crippen molar-refractivity contribution in [2.45, 2.75) is 24.9 Å². The standard InChI is InChI=1S/C11H17N5O2S/c1-4-16-6-5-10(13-16)8-15(3)19(17,18)11-7-12-14(2)9-11/h5-7,9H,4,8H2,1-3H3. The minimum atomic E-state index is -3.51. The van der Waals surface area contributed by atoms with E-state index in [4.69, 9.17) is 0 Å². The molecule has 0 N–H and O–H groups in total. The Morgan fingerprint density at radius 3 is 2.68 bits per heavy atom. The first-order chi connectivity index (χ1) is 8.93. The molecule has 8 heteroatoms. The third kappa shape index (κ3) is 2.85. The van der Waals surface area contributed by atoms with Gasteiger partial charge in [-0.25, -0.2) is 8.42 Å². The van der Waals surface area contributed by atoms with E-state index in [0.29, 0.717) is 0 Å². The second kappa shape index (κ2) is 5.14. The molecule has 19 heavy (non-hydrogen) atoms. The van der Waals surface area contributed by atoms with Crippen molar-refractivity contribution < 1.29 is 8.42 Å². The molecule has 0 fully saturated rings. The van der Waals surface area contributed by atoms with Gasteiger partial charge in [0.25, 0.3) is 0 Å². The summed E-state index contributed by atoms with van der Waals surface area (Å²) in [4.78, 5) is 0.187. The van der Waals surface area contributed by atoms with Crippen LogP contribution in [0.1, 0.15) is 12.6 Å². The number of aryl methyl sites for hydroxylation is 2. The Hall–Kier alpha value is -1.67. The summed E-state index contributed by atoms with van der Waals surface area (Å²) in [5.74, 6) is 0. The Bertz CT molecular complexity index is 658. The largest absolute Gasteiger partial charge is 0.274 e. The molecule has 0 atom stereocenters. The number of aromatic nitrogens is 4. The van der Waals surface area contributed by atoms with Gasteiger partial charge in [0.05, 0.1) is 18.4 Å². The highest BCUT2D eigenvalue weighted by atomic mass is 32.2. The molecule has 0 amide bonds. The van der Waals surface area contributed by atoms with Gasteiger partial charge in [-0.2, -0.15) is 14.5 Å². The SMILES string of the molecule is CCn1ccc(CN(C)S(=O)(=O)c2cnn(C)c2)n1. The second-order valence-electron chi connectivity index (χ2n) is 4.27. The van der Waals surface area contributed by atoms with Gasteiger partial charge >= 0.3 is 0 Å². The number of nitrogens with zero attached hydrogens (tertiary/aromatic N) is 5. The van der Waals surface area contributed by atoms with Crippen LogP contribution in [0, 0.1) is 0 Å². The zero-order valence-electron chi connectivity index (χ0n) is 11.2. The molecule has 104 valence electrons.